The summed E-state index contributed by atoms with van der Waals surface area (Å²) in [7, 11) is -1.76. The molecular formula is C14H18N2O4S. The first-order chi connectivity index (χ1) is 9.88. The molecule has 0 aliphatic carbocycles. The van der Waals surface area contributed by atoms with Crippen molar-refractivity contribution in [2.24, 2.45) is 0 Å². The highest BCUT2D eigenvalue weighted by Gasteiger charge is 2.19. The van der Waals surface area contributed by atoms with Gasteiger partial charge in [0.25, 0.3) is 0 Å². The van der Waals surface area contributed by atoms with Crippen molar-refractivity contribution in [3.8, 4) is 5.75 Å². The number of methoxy groups -OCH3 is 1. The number of ether oxygens (including phenoxy) is 1. The Morgan fingerprint density at radius 2 is 1.90 bits per heavy atom. The fraction of sp³-hybridized carbons (Fsp3) is 0.357. The lowest BCUT2D eigenvalue weighted by Crippen LogP contribution is -2.29. The molecule has 0 saturated heterocycles. The van der Waals surface area contributed by atoms with Gasteiger partial charge in [-0.25, -0.2) is 8.42 Å². The number of benzene rings is 1. The maximum absolute atomic E-state index is 11.9. The molecule has 0 unspecified atom stereocenters. The van der Waals surface area contributed by atoms with Crippen LogP contribution in [0.25, 0.3) is 0 Å². The lowest BCUT2D eigenvalue weighted by Gasteiger charge is -2.18. The third kappa shape index (κ3) is 4.30. The first-order valence-corrected chi connectivity index (χ1v) is 8.23. The van der Waals surface area contributed by atoms with Crippen LogP contribution in [0.3, 0.4) is 0 Å². The van der Waals surface area contributed by atoms with Crippen molar-refractivity contribution in [2.45, 2.75) is 20.0 Å². The molecule has 1 aromatic carbocycles. The van der Waals surface area contributed by atoms with Crippen molar-refractivity contribution in [1.82, 2.24) is 9.46 Å². The average Bonchev–Trinajstić information content (AvgIpc) is 2.83. The van der Waals surface area contributed by atoms with Crippen molar-refractivity contribution >= 4 is 10.0 Å². The van der Waals surface area contributed by atoms with Gasteiger partial charge in [-0.3, -0.25) is 0 Å². The van der Waals surface area contributed by atoms with Crippen molar-refractivity contribution in [3.63, 3.8) is 0 Å². The Balaban J connectivity index is 2.16. The normalized spacial score (nSPS) is 11.8. The zero-order valence-corrected chi connectivity index (χ0v) is 13.1. The lowest BCUT2D eigenvalue weighted by molar-refractivity contribution is 0.361. The first-order valence-electron chi connectivity index (χ1n) is 6.39. The van der Waals surface area contributed by atoms with Crippen LogP contribution in [0.2, 0.25) is 0 Å². The predicted octanol–water partition coefficient (Wildman–Crippen LogP) is 1.95. The van der Waals surface area contributed by atoms with E-state index in [1.54, 1.807) is 32.2 Å². The summed E-state index contributed by atoms with van der Waals surface area (Å²) in [5, 5.41) is 3.84. The molecule has 21 heavy (non-hydrogen) atoms. The molecule has 0 N–H and O–H groups in total. The van der Waals surface area contributed by atoms with Crippen molar-refractivity contribution in [3.05, 3.63) is 47.3 Å². The molecular weight excluding hydrogens is 292 g/mol. The van der Waals surface area contributed by atoms with Crippen LogP contribution in [0.4, 0.5) is 0 Å². The second-order valence-electron chi connectivity index (χ2n) is 4.81. The third-order valence-electron chi connectivity index (χ3n) is 3.00. The van der Waals surface area contributed by atoms with E-state index < -0.39 is 10.0 Å². The molecule has 0 saturated carbocycles. The van der Waals surface area contributed by atoms with Gasteiger partial charge in [-0.15, -0.1) is 0 Å². The summed E-state index contributed by atoms with van der Waals surface area (Å²) in [6.45, 7) is 2.22. The zero-order chi connectivity index (χ0) is 15.5. The molecule has 0 bridgehead atoms. The highest BCUT2D eigenvalue weighted by molar-refractivity contribution is 7.88. The standard InChI is InChI=1S/C14H18N2O4S/c1-11-8-13(15-20-11)10-16(21(3,17)18)9-12-4-6-14(19-2)7-5-12/h4-8H,9-10H2,1-3H3. The van der Waals surface area contributed by atoms with E-state index in [-0.39, 0.29) is 13.1 Å². The Morgan fingerprint density at radius 3 is 2.38 bits per heavy atom. The SMILES string of the molecule is COc1ccc(CN(Cc2cc(C)on2)S(C)(=O)=O)cc1. The van der Waals surface area contributed by atoms with Crippen LogP contribution in [0, 0.1) is 6.92 Å². The third-order valence-corrected chi connectivity index (χ3v) is 4.20. The van der Waals surface area contributed by atoms with E-state index in [1.165, 1.54) is 10.6 Å². The van der Waals surface area contributed by atoms with E-state index in [0.717, 1.165) is 11.3 Å². The maximum atomic E-state index is 11.9. The van der Waals surface area contributed by atoms with Crippen molar-refractivity contribution in [2.75, 3.05) is 13.4 Å². The molecule has 2 aromatic rings. The Labute approximate surface area is 124 Å². The smallest absolute Gasteiger partial charge is 0.211 e. The second-order valence-corrected chi connectivity index (χ2v) is 6.79. The summed E-state index contributed by atoms with van der Waals surface area (Å²) in [4.78, 5) is 0. The topological polar surface area (TPSA) is 72.6 Å². The Hall–Kier alpha value is -1.86. The summed E-state index contributed by atoms with van der Waals surface area (Å²) < 4.78 is 35.2. The Kier molecular flexibility index (Phi) is 4.64. The van der Waals surface area contributed by atoms with Crippen LogP contribution in [0.15, 0.2) is 34.9 Å². The van der Waals surface area contributed by atoms with Crippen LogP contribution in [-0.4, -0.2) is 31.2 Å². The molecule has 0 fully saturated rings. The van der Waals surface area contributed by atoms with E-state index in [4.69, 9.17) is 9.26 Å². The monoisotopic (exact) mass is 310 g/mol. The van der Waals surface area contributed by atoms with Gasteiger partial charge in [-0.1, -0.05) is 17.3 Å². The maximum Gasteiger partial charge on any atom is 0.211 e. The van der Waals surface area contributed by atoms with Gasteiger partial charge in [0, 0.05) is 12.6 Å². The number of sulfonamides is 1. The number of hydrogen-bond donors (Lipinski definition) is 0. The predicted molar refractivity (Wildman–Crippen MR) is 78.3 cm³/mol. The van der Waals surface area contributed by atoms with E-state index in [0.29, 0.717) is 11.5 Å². The zero-order valence-electron chi connectivity index (χ0n) is 12.2. The molecule has 0 amide bonds. The van der Waals surface area contributed by atoms with E-state index in [2.05, 4.69) is 5.16 Å². The van der Waals surface area contributed by atoms with Gasteiger partial charge in [-0.2, -0.15) is 4.31 Å². The summed E-state index contributed by atoms with van der Waals surface area (Å²) >= 11 is 0. The molecule has 7 heteroatoms. The quantitative estimate of drug-likeness (QED) is 0.815. The minimum Gasteiger partial charge on any atom is -0.497 e. The average molecular weight is 310 g/mol. The minimum atomic E-state index is -3.35. The van der Waals surface area contributed by atoms with Crippen molar-refractivity contribution < 1.29 is 17.7 Å². The number of hydrogen-bond acceptors (Lipinski definition) is 5. The van der Waals surface area contributed by atoms with Gasteiger partial charge in [-0.05, 0) is 24.6 Å². The van der Waals surface area contributed by atoms with Gasteiger partial charge in [0.2, 0.25) is 10.0 Å². The number of aromatic nitrogens is 1. The highest BCUT2D eigenvalue weighted by atomic mass is 32.2. The van der Waals surface area contributed by atoms with Crippen molar-refractivity contribution in [1.29, 1.82) is 0 Å². The summed E-state index contributed by atoms with van der Waals surface area (Å²) in [6.07, 6.45) is 1.18. The number of rotatable bonds is 6. The Morgan fingerprint density at radius 1 is 1.24 bits per heavy atom. The minimum absolute atomic E-state index is 0.183. The van der Waals surface area contributed by atoms with Gasteiger partial charge < -0.3 is 9.26 Å². The van der Waals surface area contributed by atoms with Gasteiger partial charge in [0.15, 0.2) is 0 Å². The van der Waals surface area contributed by atoms with Crippen LogP contribution in [-0.2, 0) is 23.1 Å². The molecule has 1 aromatic heterocycles. The summed E-state index contributed by atoms with van der Waals surface area (Å²) in [5.41, 5.74) is 1.47. The van der Waals surface area contributed by atoms with Crippen LogP contribution < -0.4 is 4.74 Å². The van der Waals surface area contributed by atoms with Gasteiger partial charge in [0.1, 0.15) is 11.5 Å². The highest BCUT2D eigenvalue weighted by Crippen LogP contribution is 2.16. The van der Waals surface area contributed by atoms with Gasteiger partial charge >= 0.3 is 0 Å². The molecule has 0 aliphatic rings. The van der Waals surface area contributed by atoms with Crippen LogP contribution in [0.5, 0.6) is 5.75 Å². The summed E-state index contributed by atoms with van der Waals surface area (Å²) in [6, 6.07) is 9.01. The molecule has 0 atom stereocenters. The second kappa shape index (κ2) is 6.28. The van der Waals surface area contributed by atoms with E-state index >= 15 is 0 Å². The van der Waals surface area contributed by atoms with E-state index in [9.17, 15) is 8.42 Å². The number of nitrogens with zero attached hydrogens (tertiary/aromatic N) is 2. The Bertz CT molecular complexity index is 692. The molecule has 0 radical (unpaired) electrons. The molecule has 0 aliphatic heterocycles. The van der Waals surface area contributed by atoms with E-state index in [1.807, 2.05) is 12.1 Å². The van der Waals surface area contributed by atoms with Crippen LogP contribution >= 0.6 is 0 Å². The molecule has 1 heterocycles. The molecule has 0 spiro atoms. The lowest BCUT2D eigenvalue weighted by atomic mass is 10.2. The fourth-order valence-electron chi connectivity index (χ4n) is 1.90. The first kappa shape index (κ1) is 15.5. The van der Waals surface area contributed by atoms with Crippen LogP contribution in [0.1, 0.15) is 17.0 Å². The molecule has 6 nitrogen and oxygen atoms in total. The summed E-state index contributed by atoms with van der Waals surface area (Å²) in [5.74, 6) is 1.39. The fourth-order valence-corrected chi connectivity index (χ4v) is 2.65. The molecule has 2 rings (SSSR count). The van der Waals surface area contributed by atoms with Gasteiger partial charge in [0.05, 0.1) is 25.6 Å². The molecule has 114 valence electrons. The number of aryl methyl sites for hydroxylation is 1. The largest absolute Gasteiger partial charge is 0.497 e.